The van der Waals surface area contributed by atoms with Crippen molar-refractivity contribution in [3.05, 3.63) is 40.4 Å². The third-order valence-electron chi connectivity index (χ3n) is 4.36. The molecule has 0 unspecified atom stereocenters. The maximum atomic E-state index is 12.3. The number of hydrogen-bond donors (Lipinski definition) is 1. The highest BCUT2D eigenvalue weighted by Gasteiger charge is 2.24. The normalized spacial score (nSPS) is 16.0. The molecule has 1 saturated heterocycles. The summed E-state index contributed by atoms with van der Waals surface area (Å²) < 4.78 is 1.74. The van der Waals surface area contributed by atoms with Gasteiger partial charge in [0, 0.05) is 51.5 Å². The van der Waals surface area contributed by atoms with Gasteiger partial charge in [-0.2, -0.15) is 5.10 Å². The molecule has 0 aliphatic carbocycles. The fraction of sp³-hybridized carbons (Fsp3) is 0.500. The first-order valence-corrected chi connectivity index (χ1v) is 8.33. The Morgan fingerprint density at radius 3 is 2.70 bits per heavy atom. The van der Waals surface area contributed by atoms with E-state index in [1.807, 2.05) is 24.1 Å². The second kappa shape index (κ2) is 6.76. The summed E-state index contributed by atoms with van der Waals surface area (Å²) in [6.45, 7) is 6.05. The zero-order chi connectivity index (χ0) is 16.4. The first-order valence-electron chi connectivity index (χ1n) is 7.95. The van der Waals surface area contributed by atoms with Crippen LogP contribution in [0.3, 0.4) is 0 Å². The number of nitrogens with one attached hydrogen (secondary N) is 1. The molecule has 7 heteroatoms. The smallest absolute Gasteiger partial charge is 0.270 e. The number of aromatic amines is 1. The summed E-state index contributed by atoms with van der Waals surface area (Å²) in [5.41, 5.74) is 2.82. The van der Waals surface area contributed by atoms with Crippen molar-refractivity contribution in [1.82, 2.24) is 24.6 Å². The first-order chi connectivity index (χ1) is 11.1. The molecule has 1 aliphatic rings. The van der Waals surface area contributed by atoms with E-state index in [1.54, 1.807) is 10.9 Å². The molecule has 1 amide bonds. The minimum Gasteiger partial charge on any atom is -0.357 e. The van der Waals surface area contributed by atoms with Crippen molar-refractivity contribution in [2.75, 3.05) is 26.2 Å². The molecular weight excluding hydrogens is 314 g/mol. The summed E-state index contributed by atoms with van der Waals surface area (Å²) in [5.74, 6) is 0.0725. The fourth-order valence-corrected chi connectivity index (χ4v) is 3.21. The molecule has 23 heavy (non-hydrogen) atoms. The number of carbonyl (C=O) groups is 1. The Labute approximate surface area is 141 Å². The van der Waals surface area contributed by atoms with Crippen molar-refractivity contribution in [3.8, 4) is 0 Å². The topological polar surface area (TPSA) is 57.2 Å². The summed E-state index contributed by atoms with van der Waals surface area (Å²) >= 11 is 6.36. The van der Waals surface area contributed by atoms with Gasteiger partial charge in [0.05, 0.1) is 5.69 Å². The van der Waals surface area contributed by atoms with Crippen molar-refractivity contribution < 1.29 is 4.79 Å². The van der Waals surface area contributed by atoms with Crippen LogP contribution in [0.15, 0.2) is 18.3 Å². The molecule has 124 valence electrons. The molecular formula is C16H22ClN5O. The minimum absolute atomic E-state index is 0.0725. The lowest BCUT2D eigenvalue weighted by Gasteiger charge is -2.34. The largest absolute Gasteiger partial charge is 0.357 e. The summed E-state index contributed by atoms with van der Waals surface area (Å²) in [7, 11) is 1.87. The van der Waals surface area contributed by atoms with E-state index in [4.69, 9.17) is 11.6 Å². The van der Waals surface area contributed by atoms with Gasteiger partial charge in [-0.3, -0.25) is 14.4 Å². The lowest BCUT2D eigenvalue weighted by atomic mass is 10.2. The Kier molecular flexibility index (Phi) is 4.73. The fourth-order valence-electron chi connectivity index (χ4n) is 3.01. The predicted molar refractivity (Wildman–Crippen MR) is 89.6 cm³/mol. The standard InChI is InChI=1S/C16H22ClN5O/c1-3-13-12(15(17)20(2)19-13)11-21-7-9-22(10-8-21)16(23)14-5-4-6-18-14/h4-6,18H,3,7-11H2,1-2H3. The molecule has 3 heterocycles. The molecule has 0 saturated carbocycles. The third-order valence-corrected chi connectivity index (χ3v) is 4.83. The molecule has 2 aromatic heterocycles. The van der Waals surface area contributed by atoms with Gasteiger partial charge < -0.3 is 9.88 Å². The van der Waals surface area contributed by atoms with Crippen molar-refractivity contribution in [3.63, 3.8) is 0 Å². The van der Waals surface area contributed by atoms with E-state index in [0.717, 1.165) is 50.4 Å². The quantitative estimate of drug-likeness (QED) is 0.928. The minimum atomic E-state index is 0.0725. The van der Waals surface area contributed by atoms with Gasteiger partial charge in [0.15, 0.2) is 0 Å². The zero-order valence-electron chi connectivity index (χ0n) is 13.5. The molecule has 0 atom stereocenters. The Balaban J connectivity index is 1.60. The number of hydrogen-bond acceptors (Lipinski definition) is 3. The molecule has 2 aromatic rings. The van der Waals surface area contributed by atoms with Crippen molar-refractivity contribution in [2.24, 2.45) is 7.05 Å². The highest BCUT2D eigenvalue weighted by atomic mass is 35.5. The van der Waals surface area contributed by atoms with Crippen LogP contribution in [0.25, 0.3) is 0 Å². The van der Waals surface area contributed by atoms with Gasteiger partial charge in [-0.15, -0.1) is 0 Å². The van der Waals surface area contributed by atoms with E-state index in [1.165, 1.54) is 0 Å². The van der Waals surface area contributed by atoms with Gasteiger partial charge >= 0.3 is 0 Å². The van der Waals surface area contributed by atoms with E-state index in [-0.39, 0.29) is 5.91 Å². The van der Waals surface area contributed by atoms with Crippen LogP contribution in [0.1, 0.15) is 28.7 Å². The second-order valence-corrected chi connectivity index (χ2v) is 6.20. The summed E-state index contributed by atoms with van der Waals surface area (Å²) in [6, 6.07) is 3.66. The molecule has 6 nitrogen and oxygen atoms in total. The predicted octanol–water partition coefficient (Wildman–Crippen LogP) is 1.92. The molecule has 0 bridgehead atoms. The second-order valence-electron chi connectivity index (χ2n) is 5.85. The van der Waals surface area contributed by atoms with E-state index < -0.39 is 0 Å². The van der Waals surface area contributed by atoms with Gasteiger partial charge in [-0.25, -0.2) is 0 Å². The maximum Gasteiger partial charge on any atom is 0.270 e. The van der Waals surface area contributed by atoms with Gasteiger partial charge in [-0.1, -0.05) is 18.5 Å². The zero-order valence-corrected chi connectivity index (χ0v) is 14.3. The maximum absolute atomic E-state index is 12.3. The van der Waals surface area contributed by atoms with Crippen molar-refractivity contribution in [1.29, 1.82) is 0 Å². The number of halogens is 1. The molecule has 0 aromatic carbocycles. The highest BCUT2D eigenvalue weighted by Crippen LogP contribution is 2.22. The molecule has 0 spiro atoms. The van der Waals surface area contributed by atoms with Gasteiger partial charge in [-0.05, 0) is 18.6 Å². The van der Waals surface area contributed by atoms with Crippen LogP contribution < -0.4 is 0 Å². The van der Waals surface area contributed by atoms with E-state index >= 15 is 0 Å². The Morgan fingerprint density at radius 2 is 2.09 bits per heavy atom. The van der Waals surface area contributed by atoms with Crippen LogP contribution in [0.2, 0.25) is 5.15 Å². The van der Waals surface area contributed by atoms with Gasteiger partial charge in [0.2, 0.25) is 0 Å². The lowest BCUT2D eigenvalue weighted by molar-refractivity contribution is 0.0623. The summed E-state index contributed by atoms with van der Waals surface area (Å²) in [6.07, 6.45) is 2.65. The summed E-state index contributed by atoms with van der Waals surface area (Å²) in [5, 5.41) is 5.18. The average Bonchev–Trinajstić information content (AvgIpc) is 3.19. The van der Waals surface area contributed by atoms with Crippen LogP contribution in [-0.2, 0) is 20.0 Å². The van der Waals surface area contributed by atoms with Gasteiger partial charge in [0.1, 0.15) is 10.8 Å². The molecule has 3 rings (SSSR count). The number of rotatable bonds is 4. The van der Waals surface area contributed by atoms with Crippen LogP contribution >= 0.6 is 11.6 Å². The van der Waals surface area contributed by atoms with Gasteiger partial charge in [0.25, 0.3) is 5.91 Å². The van der Waals surface area contributed by atoms with E-state index in [0.29, 0.717) is 10.8 Å². The number of carbonyl (C=O) groups excluding carboxylic acids is 1. The third kappa shape index (κ3) is 3.28. The van der Waals surface area contributed by atoms with E-state index in [2.05, 4.69) is 21.9 Å². The number of aryl methyl sites for hydroxylation is 2. The average molecular weight is 336 g/mol. The molecule has 0 radical (unpaired) electrons. The highest BCUT2D eigenvalue weighted by molar-refractivity contribution is 6.30. The van der Waals surface area contributed by atoms with Crippen LogP contribution in [0, 0.1) is 0 Å². The molecule has 1 N–H and O–H groups in total. The van der Waals surface area contributed by atoms with Crippen LogP contribution in [0.4, 0.5) is 0 Å². The van der Waals surface area contributed by atoms with Crippen LogP contribution in [0.5, 0.6) is 0 Å². The lowest BCUT2D eigenvalue weighted by Crippen LogP contribution is -2.48. The first kappa shape index (κ1) is 16.1. The van der Waals surface area contributed by atoms with Crippen molar-refractivity contribution in [2.45, 2.75) is 19.9 Å². The Bertz CT molecular complexity index is 671. The number of nitrogens with zero attached hydrogens (tertiary/aromatic N) is 4. The number of H-pyrrole nitrogens is 1. The van der Waals surface area contributed by atoms with E-state index in [9.17, 15) is 4.79 Å². The number of amides is 1. The number of piperazine rings is 1. The Morgan fingerprint density at radius 1 is 1.35 bits per heavy atom. The summed E-state index contributed by atoms with van der Waals surface area (Å²) in [4.78, 5) is 19.5. The Hall–Kier alpha value is -1.79. The van der Waals surface area contributed by atoms with Crippen molar-refractivity contribution >= 4 is 17.5 Å². The number of aromatic nitrogens is 3. The molecule has 1 fully saturated rings. The van der Waals surface area contributed by atoms with Crippen LogP contribution in [-0.4, -0.2) is 56.7 Å². The SMILES string of the molecule is CCc1nn(C)c(Cl)c1CN1CCN(C(=O)c2ccc[nH]2)CC1. The monoisotopic (exact) mass is 335 g/mol. The molecule has 1 aliphatic heterocycles.